The summed E-state index contributed by atoms with van der Waals surface area (Å²) in [5.74, 6) is -5.91. The van der Waals surface area contributed by atoms with Crippen LogP contribution in [0.25, 0.3) is 0 Å². The summed E-state index contributed by atoms with van der Waals surface area (Å²) in [5, 5.41) is 0. The van der Waals surface area contributed by atoms with Crippen molar-refractivity contribution in [2.75, 3.05) is 0 Å². The molecule has 0 spiro atoms. The summed E-state index contributed by atoms with van der Waals surface area (Å²) in [5.41, 5.74) is 0.0705. The Morgan fingerprint density at radius 2 is 1.31 bits per heavy atom. The molecular weight excluding hydrogens is 496 g/mol. The molecular formula is C29H52F4OSi2. The van der Waals surface area contributed by atoms with Crippen LogP contribution in [0, 0.1) is 29.2 Å². The Morgan fingerprint density at radius 3 is 1.78 bits per heavy atom. The van der Waals surface area contributed by atoms with E-state index in [0.717, 1.165) is 43.8 Å². The summed E-state index contributed by atoms with van der Waals surface area (Å²) >= 11 is 0. The summed E-state index contributed by atoms with van der Waals surface area (Å²) in [6.45, 7) is 15.4. The van der Waals surface area contributed by atoms with Crippen LogP contribution < -0.4 is 4.43 Å². The van der Waals surface area contributed by atoms with Gasteiger partial charge in [-0.05, 0) is 30.0 Å². The highest BCUT2D eigenvalue weighted by atomic mass is 28.4. The third-order valence-corrected chi connectivity index (χ3v) is 20.0. The molecule has 210 valence electrons. The fraction of sp³-hybridized carbons (Fsp3) is 0.793. The third-order valence-electron chi connectivity index (χ3n) is 9.01. The van der Waals surface area contributed by atoms with Crippen LogP contribution in [0.1, 0.15) is 99.8 Å². The molecule has 0 fully saturated rings. The van der Waals surface area contributed by atoms with Gasteiger partial charge in [0.2, 0.25) is 11.6 Å². The van der Waals surface area contributed by atoms with E-state index in [2.05, 4.69) is 48.5 Å². The van der Waals surface area contributed by atoms with Crippen molar-refractivity contribution in [2.45, 2.75) is 142 Å². The van der Waals surface area contributed by atoms with Gasteiger partial charge < -0.3 is 4.43 Å². The third kappa shape index (κ3) is 9.18. The molecule has 2 unspecified atom stereocenters. The monoisotopic (exact) mass is 548 g/mol. The lowest BCUT2D eigenvalue weighted by Gasteiger charge is -2.38. The van der Waals surface area contributed by atoms with E-state index < -0.39 is 45.4 Å². The van der Waals surface area contributed by atoms with Crippen molar-refractivity contribution >= 4 is 16.4 Å². The van der Waals surface area contributed by atoms with Crippen molar-refractivity contribution in [3.8, 4) is 5.75 Å². The van der Waals surface area contributed by atoms with Gasteiger partial charge in [0, 0.05) is 6.07 Å². The second kappa shape index (κ2) is 16.2. The number of unbranched alkanes of at least 4 members (excludes halogenated alkanes) is 3. The minimum Gasteiger partial charge on any atom is -0.539 e. The summed E-state index contributed by atoms with van der Waals surface area (Å²) in [6.07, 6.45) is 8.97. The molecule has 0 saturated carbocycles. The van der Waals surface area contributed by atoms with E-state index in [9.17, 15) is 17.6 Å². The molecule has 1 nitrogen and oxygen atoms in total. The predicted molar refractivity (Wildman–Crippen MR) is 151 cm³/mol. The van der Waals surface area contributed by atoms with Crippen LogP contribution in [0.3, 0.4) is 0 Å². The Bertz CT molecular complexity index is 736. The molecule has 0 saturated heterocycles. The molecule has 1 aromatic carbocycles. The second-order valence-electron chi connectivity index (χ2n) is 11.2. The molecule has 0 amide bonds. The Morgan fingerprint density at radius 1 is 0.722 bits per heavy atom. The first-order valence-corrected chi connectivity index (χ1v) is 19.8. The van der Waals surface area contributed by atoms with E-state index in [1.807, 2.05) is 0 Å². The van der Waals surface area contributed by atoms with Gasteiger partial charge in [-0.25, -0.2) is 8.78 Å². The predicted octanol–water partition coefficient (Wildman–Crippen LogP) is 11.3. The highest BCUT2D eigenvalue weighted by Crippen LogP contribution is 2.41. The van der Waals surface area contributed by atoms with Crippen LogP contribution in [-0.2, 0) is 0 Å². The SMILES string of the molecule is CCCCCCC(CC)CC[Si](CCC[Si](CC)(CC)CC)(Oc1c(F)c(F)cc(F)c1F)C(C)C. The van der Waals surface area contributed by atoms with Gasteiger partial charge in [0.15, 0.2) is 17.4 Å². The van der Waals surface area contributed by atoms with Crippen molar-refractivity contribution < 1.29 is 22.0 Å². The van der Waals surface area contributed by atoms with Gasteiger partial charge in [0.25, 0.3) is 8.32 Å². The zero-order valence-electron chi connectivity index (χ0n) is 24.1. The molecule has 0 radical (unpaired) electrons. The standard InChI is InChI=1S/C29H52F4OSi2/c1-8-13-14-15-17-24(9-2)18-21-36(23(6)7,20-16-19-35(10-3,11-4)12-5)34-29-27(32)25(30)22-26(31)28(29)33/h22-24H,8-21H2,1-7H3. The van der Waals surface area contributed by atoms with Crippen LogP contribution in [0.15, 0.2) is 6.07 Å². The van der Waals surface area contributed by atoms with Gasteiger partial charge >= 0.3 is 0 Å². The Kier molecular flexibility index (Phi) is 14.9. The summed E-state index contributed by atoms with van der Waals surface area (Å²) in [6, 6.07) is 6.64. The van der Waals surface area contributed by atoms with Crippen molar-refractivity contribution in [3.05, 3.63) is 29.3 Å². The lowest BCUT2D eigenvalue weighted by molar-refractivity contribution is 0.372. The van der Waals surface area contributed by atoms with E-state index in [0.29, 0.717) is 5.92 Å². The number of halogens is 4. The molecule has 0 aromatic heterocycles. The van der Waals surface area contributed by atoms with Gasteiger partial charge in [-0.1, -0.05) is 118 Å². The van der Waals surface area contributed by atoms with Crippen molar-refractivity contribution in [2.24, 2.45) is 5.92 Å². The molecule has 0 aliphatic carbocycles. The number of hydrogen-bond donors (Lipinski definition) is 0. The molecule has 7 heteroatoms. The lowest BCUT2D eigenvalue weighted by atomic mass is 9.96. The van der Waals surface area contributed by atoms with Crippen LogP contribution in [-0.4, -0.2) is 16.4 Å². The Balaban J connectivity index is 3.26. The molecule has 0 N–H and O–H groups in total. The van der Waals surface area contributed by atoms with Crippen LogP contribution in [0.2, 0.25) is 41.8 Å². The summed E-state index contributed by atoms with van der Waals surface area (Å²) < 4.78 is 63.9. The van der Waals surface area contributed by atoms with E-state index in [1.165, 1.54) is 43.8 Å². The lowest BCUT2D eigenvalue weighted by Crippen LogP contribution is -2.46. The molecule has 0 aliphatic rings. The Labute approximate surface area is 220 Å². The molecule has 0 aliphatic heterocycles. The van der Waals surface area contributed by atoms with Crippen LogP contribution in [0.4, 0.5) is 17.6 Å². The first-order chi connectivity index (χ1) is 17.0. The van der Waals surface area contributed by atoms with Crippen molar-refractivity contribution in [1.82, 2.24) is 0 Å². The highest BCUT2D eigenvalue weighted by molar-refractivity contribution is 6.80. The Hall–Kier alpha value is -0.826. The fourth-order valence-corrected chi connectivity index (χ4v) is 13.6. The molecule has 0 heterocycles. The van der Waals surface area contributed by atoms with Gasteiger partial charge in [-0.2, -0.15) is 8.78 Å². The number of rotatable bonds is 19. The largest absolute Gasteiger partial charge is 0.539 e. The number of hydrogen-bond acceptors (Lipinski definition) is 1. The highest BCUT2D eigenvalue weighted by Gasteiger charge is 2.43. The van der Waals surface area contributed by atoms with E-state index in [1.54, 1.807) is 0 Å². The number of benzene rings is 1. The maximum Gasteiger partial charge on any atom is 0.254 e. The van der Waals surface area contributed by atoms with E-state index in [-0.39, 0.29) is 11.6 Å². The minimum atomic E-state index is -2.78. The molecule has 1 rings (SSSR count). The molecule has 36 heavy (non-hydrogen) atoms. The quantitative estimate of drug-likeness (QED) is 0.0723. The van der Waals surface area contributed by atoms with Crippen molar-refractivity contribution in [1.29, 1.82) is 0 Å². The van der Waals surface area contributed by atoms with Crippen LogP contribution in [0.5, 0.6) is 5.75 Å². The molecule has 0 bridgehead atoms. The van der Waals surface area contributed by atoms with E-state index >= 15 is 0 Å². The van der Waals surface area contributed by atoms with Gasteiger partial charge in [-0.3, -0.25) is 0 Å². The topological polar surface area (TPSA) is 9.23 Å². The summed E-state index contributed by atoms with van der Waals surface area (Å²) in [4.78, 5) is 0. The van der Waals surface area contributed by atoms with E-state index in [4.69, 9.17) is 4.43 Å². The normalized spacial score (nSPS) is 14.8. The first kappa shape index (κ1) is 33.2. The first-order valence-electron chi connectivity index (χ1n) is 14.6. The van der Waals surface area contributed by atoms with Gasteiger partial charge in [0.1, 0.15) is 0 Å². The molecule has 2 atom stereocenters. The maximum atomic E-state index is 14.7. The fourth-order valence-electron chi connectivity index (χ4n) is 5.67. The maximum absolute atomic E-state index is 14.7. The van der Waals surface area contributed by atoms with Crippen LogP contribution >= 0.6 is 0 Å². The average Bonchev–Trinajstić information content (AvgIpc) is 2.87. The minimum absolute atomic E-state index is 0.0705. The van der Waals surface area contributed by atoms with Crippen molar-refractivity contribution in [3.63, 3.8) is 0 Å². The second-order valence-corrected chi connectivity index (χ2v) is 21.3. The average molecular weight is 549 g/mol. The zero-order chi connectivity index (χ0) is 27.4. The summed E-state index contributed by atoms with van der Waals surface area (Å²) in [7, 11) is -4.15. The van der Waals surface area contributed by atoms with Gasteiger partial charge in [-0.15, -0.1) is 0 Å². The molecule has 1 aromatic rings. The smallest absolute Gasteiger partial charge is 0.254 e. The van der Waals surface area contributed by atoms with Gasteiger partial charge in [0.05, 0.1) is 8.07 Å². The zero-order valence-corrected chi connectivity index (χ0v) is 26.1.